The normalized spacial score (nSPS) is 12.1. The van der Waals surface area contributed by atoms with Gasteiger partial charge in [0.05, 0.1) is 0 Å². The van der Waals surface area contributed by atoms with E-state index in [4.69, 9.17) is 0 Å². The van der Waals surface area contributed by atoms with Gasteiger partial charge in [-0.15, -0.1) is 0 Å². The highest BCUT2D eigenvalue weighted by Gasteiger charge is 2.03. The van der Waals surface area contributed by atoms with Crippen molar-refractivity contribution in [2.45, 2.75) is 6.92 Å². The van der Waals surface area contributed by atoms with Crippen LogP contribution in [-0.4, -0.2) is 44.0 Å². The third-order valence-corrected chi connectivity index (χ3v) is 1.88. The van der Waals surface area contributed by atoms with Gasteiger partial charge in [0.15, 0.2) is 0 Å². The summed E-state index contributed by atoms with van der Waals surface area (Å²) in [6.45, 7) is 5.50. The molecule has 0 heterocycles. The van der Waals surface area contributed by atoms with Crippen LogP contribution in [0.5, 0.6) is 0 Å². The summed E-state index contributed by atoms with van der Waals surface area (Å²) >= 11 is 0. The average Bonchev–Trinajstić information content (AvgIpc) is 2.16. The van der Waals surface area contributed by atoms with Crippen molar-refractivity contribution in [1.82, 2.24) is 15.1 Å². The zero-order chi connectivity index (χ0) is 12.7. The molecule has 0 spiro atoms. The van der Waals surface area contributed by atoms with Crippen molar-refractivity contribution in [3.05, 3.63) is 36.2 Å². The first-order chi connectivity index (χ1) is 7.38. The van der Waals surface area contributed by atoms with E-state index < -0.39 is 0 Å². The standard InChI is InChI=1S/C12H21N3O/c1-7-8-11(14(3)4)9-10(2)13-12(16)15(5)6/h7-9H,1H2,2-6H3,(H,13,16)/b10-9-,11-8+. The van der Waals surface area contributed by atoms with Crippen molar-refractivity contribution in [1.29, 1.82) is 0 Å². The fraction of sp³-hybridized carbons (Fsp3) is 0.417. The second kappa shape index (κ2) is 6.71. The molecule has 0 saturated heterocycles. The highest BCUT2D eigenvalue weighted by Crippen LogP contribution is 2.04. The van der Waals surface area contributed by atoms with E-state index in [2.05, 4.69) is 11.9 Å². The van der Waals surface area contributed by atoms with Gasteiger partial charge in [-0.1, -0.05) is 12.7 Å². The number of hydrogen-bond acceptors (Lipinski definition) is 2. The van der Waals surface area contributed by atoms with E-state index in [1.54, 1.807) is 20.2 Å². The van der Waals surface area contributed by atoms with Crippen LogP contribution in [-0.2, 0) is 0 Å². The maximum absolute atomic E-state index is 11.4. The first-order valence-corrected chi connectivity index (χ1v) is 5.05. The third kappa shape index (κ3) is 5.24. The molecule has 0 aromatic rings. The molecule has 16 heavy (non-hydrogen) atoms. The van der Waals surface area contributed by atoms with Crippen molar-refractivity contribution in [3.8, 4) is 0 Å². The molecule has 1 N–H and O–H groups in total. The van der Waals surface area contributed by atoms with Gasteiger partial charge < -0.3 is 15.1 Å². The highest BCUT2D eigenvalue weighted by atomic mass is 16.2. The molecule has 0 fully saturated rings. The zero-order valence-electron chi connectivity index (χ0n) is 10.7. The van der Waals surface area contributed by atoms with E-state index in [1.807, 2.05) is 38.1 Å². The Balaban J connectivity index is 4.68. The van der Waals surface area contributed by atoms with Gasteiger partial charge in [-0.05, 0) is 19.1 Å². The molecule has 90 valence electrons. The molecule has 0 aromatic carbocycles. The summed E-state index contributed by atoms with van der Waals surface area (Å²) < 4.78 is 0. The topological polar surface area (TPSA) is 35.6 Å². The maximum Gasteiger partial charge on any atom is 0.321 e. The van der Waals surface area contributed by atoms with Gasteiger partial charge in [-0.3, -0.25) is 0 Å². The van der Waals surface area contributed by atoms with Crippen molar-refractivity contribution in [2.24, 2.45) is 0 Å². The fourth-order valence-electron chi connectivity index (χ4n) is 0.985. The van der Waals surface area contributed by atoms with Gasteiger partial charge in [0.1, 0.15) is 0 Å². The van der Waals surface area contributed by atoms with E-state index in [0.29, 0.717) is 0 Å². The molecule has 4 nitrogen and oxygen atoms in total. The number of likely N-dealkylation sites (N-methyl/N-ethyl adjacent to an activating group) is 1. The lowest BCUT2D eigenvalue weighted by atomic mass is 10.3. The van der Waals surface area contributed by atoms with E-state index in [-0.39, 0.29) is 6.03 Å². The third-order valence-electron chi connectivity index (χ3n) is 1.88. The summed E-state index contributed by atoms with van der Waals surface area (Å²) in [4.78, 5) is 14.8. The van der Waals surface area contributed by atoms with Gasteiger partial charge in [0.2, 0.25) is 0 Å². The van der Waals surface area contributed by atoms with Crippen LogP contribution in [0.25, 0.3) is 0 Å². The van der Waals surface area contributed by atoms with Crippen molar-refractivity contribution in [3.63, 3.8) is 0 Å². The fourth-order valence-corrected chi connectivity index (χ4v) is 0.985. The van der Waals surface area contributed by atoms with Gasteiger partial charge in [0, 0.05) is 39.6 Å². The van der Waals surface area contributed by atoms with E-state index in [0.717, 1.165) is 11.4 Å². The Morgan fingerprint density at radius 3 is 2.12 bits per heavy atom. The van der Waals surface area contributed by atoms with E-state index in [1.165, 1.54) is 4.90 Å². The SMILES string of the molecule is C=C/C=C(\C=C(\C)NC(=O)N(C)C)N(C)C. The second-order valence-corrected chi connectivity index (χ2v) is 3.87. The number of rotatable bonds is 4. The first-order valence-electron chi connectivity index (χ1n) is 5.05. The molecule has 0 atom stereocenters. The molecular weight excluding hydrogens is 202 g/mol. The highest BCUT2D eigenvalue weighted by molar-refractivity contribution is 5.75. The van der Waals surface area contributed by atoms with Crippen molar-refractivity contribution in [2.75, 3.05) is 28.2 Å². The summed E-state index contributed by atoms with van der Waals surface area (Å²) in [5, 5.41) is 2.77. The minimum Gasteiger partial charge on any atom is -0.378 e. The number of amides is 2. The summed E-state index contributed by atoms with van der Waals surface area (Å²) in [7, 11) is 7.28. The molecule has 0 bridgehead atoms. The second-order valence-electron chi connectivity index (χ2n) is 3.87. The Morgan fingerprint density at radius 2 is 1.75 bits per heavy atom. The molecule has 4 heteroatoms. The average molecular weight is 223 g/mol. The van der Waals surface area contributed by atoms with E-state index in [9.17, 15) is 4.79 Å². The summed E-state index contributed by atoms with van der Waals surface area (Å²) in [6, 6.07) is -0.134. The van der Waals surface area contributed by atoms with Crippen LogP contribution in [0, 0.1) is 0 Å². The van der Waals surface area contributed by atoms with E-state index >= 15 is 0 Å². The van der Waals surface area contributed by atoms with Crippen LogP contribution in [0.15, 0.2) is 36.2 Å². The van der Waals surface area contributed by atoms with Crippen molar-refractivity contribution >= 4 is 6.03 Å². The number of carbonyl (C=O) groups is 1. The Morgan fingerprint density at radius 1 is 1.19 bits per heavy atom. The largest absolute Gasteiger partial charge is 0.378 e. The lowest BCUT2D eigenvalue weighted by Crippen LogP contribution is -2.33. The number of nitrogens with one attached hydrogen (secondary N) is 1. The number of allylic oxidation sites excluding steroid dienone is 4. The molecule has 0 unspecified atom stereocenters. The minimum atomic E-state index is -0.134. The van der Waals surface area contributed by atoms with Crippen molar-refractivity contribution < 1.29 is 4.79 Å². The molecule has 0 aliphatic carbocycles. The summed E-state index contributed by atoms with van der Waals surface area (Å²) in [5.74, 6) is 0. The molecule has 0 aliphatic rings. The first kappa shape index (κ1) is 14.3. The molecule has 0 aliphatic heterocycles. The number of hydrogen-bond donors (Lipinski definition) is 1. The van der Waals surface area contributed by atoms with Gasteiger partial charge in [0.25, 0.3) is 0 Å². The molecule has 0 radical (unpaired) electrons. The molecule has 2 amide bonds. The maximum atomic E-state index is 11.4. The Labute approximate surface area is 97.9 Å². The lowest BCUT2D eigenvalue weighted by Gasteiger charge is -2.16. The van der Waals surface area contributed by atoms with Crippen LogP contribution in [0.2, 0.25) is 0 Å². The van der Waals surface area contributed by atoms with Crippen LogP contribution in [0.4, 0.5) is 4.79 Å². The van der Waals surface area contributed by atoms with Crippen LogP contribution >= 0.6 is 0 Å². The minimum absolute atomic E-state index is 0.134. The lowest BCUT2D eigenvalue weighted by molar-refractivity contribution is 0.220. The Hall–Kier alpha value is -1.71. The van der Waals surface area contributed by atoms with Gasteiger partial charge >= 0.3 is 6.03 Å². The number of urea groups is 1. The summed E-state index contributed by atoms with van der Waals surface area (Å²) in [6.07, 6.45) is 5.49. The zero-order valence-corrected chi connectivity index (χ0v) is 10.7. The number of carbonyl (C=O) groups excluding carboxylic acids is 1. The Bertz CT molecular complexity index is 314. The Kier molecular flexibility index (Phi) is 6.00. The predicted octanol–water partition coefficient (Wildman–Crippen LogP) is 1.79. The quantitative estimate of drug-likeness (QED) is 0.738. The van der Waals surface area contributed by atoms with Gasteiger partial charge in [-0.2, -0.15) is 0 Å². The molecule has 0 aromatic heterocycles. The summed E-state index contributed by atoms with van der Waals surface area (Å²) in [5.41, 5.74) is 1.77. The van der Waals surface area contributed by atoms with Crippen LogP contribution in [0.1, 0.15) is 6.92 Å². The van der Waals surface area contributed by atoms with Gasteiger partial charge in [-0.25, -0.2) is 4.79 Å². The molecule has 0 rings (SSSR count). The smallest absolute Gasteiger partial charge is 0.321 e. The monoisotopic (exact) mass is 223 g/mol. The molecular formula is C12H21N3O. The number of nitrogens with zero attached hydrogens (tertiary/aromatic N) is 2. The molecule has 0 saturated carbocycles. The van der Waals surface area contributed by atoms with Crippen LogP contribution in [0.3, 0.4) is 0 Å². The predicted molar refractivity (Wildman–Crippen MR) is 67.9 cm³/mol. The van der Waals surface area contributed by atoms with Crippen LogP contribution < -0.4 is 5.32 Å².